The smallest absolute Gasteiger partial charge is 0.338 e. The van der Waals surface area contributed by atoms with Gasteiger partial charge in [0.05, 0.1) is 22.6 Å². The Labute approximate surface area is 214 Å². The summed E-state index contributed by atoms with van der Waals surface area (Å²) in [5, 5.41) is 12.9. The summed E-state index contributed by atoms with van der Waals surface area (Å²) in [5.41, 5.74) is 0.0586. The van der Waals surface area contributed by atoms with Crippen molar-refractivity contribution in [3.05, 3.63) is 63.8 Å². The molecule has 2 aromatic rings. The number of carboxylic acids is 1. The van der Waals surface area contributed by atoms with Gasteiger partial charge in [-0.1, -0.05) is 17.7 Å². The van der Waals surface area contributed by atoms with Crippen molar-refractivity contribution in [3.63, 3.8) is 0 Å². The molecule has 0 saturated heterocycles. The van der Waals surface area contributed by atoms with Crippen molar-refractivity contribution in [1.29, 1.82) is 0 Å². The molecule has 6 fully saturated rings. The van der Waals surface area contributed by atoms with Crippen LogP contribution in [-0.2, 0) is 21.4 Å². The van der Waals surface area contributed by atoms with Crippen LogP contribution in [0.4, 0.5) is 8.78 Å². The van der Waals surface area contributed by atoms with Gasteiger partial charge in [0, 0.05) is 36.1 Å². The number of ether oxygens (including phenoxy) is 1. The van der Waals surface area contributed by atoms with Gasteiger partial charge in [-0.2, -0.15) is 0 Å². The SMILES string of the molecule is CCOC(=O)C1=C(C23C4C5C2C2C3C4C52C(=O)O)NC(c2nccn2C)=N[C@H]1c1ccc(F)c(F)c1Cl. The van der Waals surface area contributed by atoms with Gasteiger partial charge in [-0.3, -0.25) is 9.79 Å². The standard InChI is InChI=1S/C26H21ClF2N4O4/c1-3-37-23(34)10-19(8-4-5-9(28)18(29)17(8)27)31-21(22-30-6-7-33(22)2)32-20(10)25-11-14-12(25)16-13(25)15(11)26(14,16)24(35)36/h4-7,11-16,19H,3H2,1-2H3,(H,31,32)(H,35,36)/t11?,12?,13?,14?,15?,16?,19-,25?,26?/m0/s1. The molecule has 0 amide bonds. The molecule has 2 heterocycles. The number of carboxylic acid groups (broad SMARTS) is 1. The lowest BCUT2D eigenvalue weighted by atomic mass is 8.92. The minimum atomic E-state index is -1.21. The number of carbonyl (C=O) groups is 2. The van der Waals surface area contributed by atoms with E-state index in [-0.39, 0.29) is 58.7 Å². The molecule has 11 heteroatoms. The number of nitrogens with zero attached hydrogens (tertiary/aromatic N) is 3. The van der Waals surface area contributed by atoms with E-state index in [2.05, 4.69) is 10.3 Å². The molecule has 37 heavy (non-hydrogen) atoms. The Hall–Kier alpha value is -3.27. The quantitative estimate of drug-likeness (QED) is 0.443. The van der Waals surface area contributed by atoms with Crippen LogP contribution in [0.2, 0.25) is 5.02 Å². The second kappa shape index (κ2) is 6.40. The van der Waals surface area contributed by atoms with Crippen molar-refractivity contribution in [2.75, 3.05) is 6.61 Å². The van der Waals surface area contributed by atoms with Crippen LogP contribution >= 0.6 is 11.6 Å². The Morgan fingerprint density at radius 1 is 1.19 bits per heavy atom. The normalized spacial score (nSPS) is 40.7. The van der Waals surface area contributed by atoms with Crippen LogP contribution in [0.3, 0.4) is 0 Å². The van der Waals surface area contributed by atoms with E-state index in [0.29, 0.717) is 17.4 Å². The molecule has 1 atom stereocenters. The highest BCUT2D eigenvalue weighted by molar-refractivity contribution is 6.31. The first-order chi connectivity index (χ1) is 17.7. The lowest BCUT2D eigenvalue weighted by Gasteiger charge is -3.10. The van der Waals surface area contributed by atoms with Crippen molar-refractivity contribution in [1.82, 2.24) is 14.9 Å². The number of aliphatic carboxylic acids is 1. The van der Waals surface area contributed by atoms with Gasteiger partial charge in [-0.05, 0) is 48.5 Å². The van der Waals surface area contributed by atoms with Crippen molar-refractivity contribution < 1.29 is 28.2 Å². The summed E-state index contributed by atoms with van der Waals surface area (Å²) in [6, 6.07) is 1.25. The van der Waals surface area contributed by atoms with Crippen molar-refractivity contribution >= 4 is 29.4 Å². The molecule has 1 aromatic carbocycles. The molecule has 7 aliphatic rings. The number of imidazole rings is 1. The number of aromatic nitrogens is 2. The van der Waals surface area contributed by atoms with Gasteiger partial charge < -0.3 is 19.7 Å². The molecule has 1 aromatic heterocycles. The number of aryl methyl sites for hydroxylation is 1. The zero-order valence-corrected chi connectivity index (χ0v) is 20.5. The summed E-state index contributed by atoms with van der Waals surface area (Å²) in [4.78, 5) is 34.8. The Bertz CT molecular complexity index is 1490. The van der Waals surface area contributed by atoms with Crippen LogP contribution in [-0.4, -0.2) is 39.0 Å². The van der Waals surface area contributed by atoms with E-state index in [9.17, 15) is 23.5 Å². The van der Waals surface area contributed by atoms with Crippen LogP contribution in [0.5, 0.6) is 0 Å². The summed E-state index contributed by atoms with van der Waals surface area (Å²) in [7, 11) is 1.80. The van der Waals surface area contributed by atoms with Gasteiger partial charge >= 0.3 is 11.9 Å². The van der Waals surface area contributed by atoms with Crippen LogP contribution in [0.25, 0.3) is 0 Å². The third kappa shape index (κ3) is 1.92. The Morgan fingerprint density at radius 3 is 2.43 bits per heavy atom. The van der Waals surface area contributed by atoms with Crippen LogP contribution < -0.4 is 5.32 Å². The first kappa shape index (κ1) is 21.8. The van der Waals surface area contributed by atoms with Gasteiger partial charge in [-0.15, -0.1) is 0 Å². The van der Waals surface area contributed by atoms with Crippen molar-refractivity contribution in [2.45, 2.75) is 13.0 Å². The van der Waals surface area contributed by atoms with E-state index in [1.165, 1.54) is 6.07 Å². The first-order valence-electron chi connectivity index (χ1n) is 12.3. The predicted octanol–water partition coefficient (Wildman–Crippen LogP) is 3.08. The maximum absolute atomic E-state index is 14.6. The van der Waals surface area contributed by atoms with E-state index >= 15 is 0 Å². The molecule has 0 unspecified atom stereocenters. The Kier molecular flexibility index (Phi) is 3.77. The van der Waals surface area contributed by atoms with Gasteiger partial charge in [0.25, 0.3) is 0 Å². The number of hydrogen-bond donors (Lipinski definition) is 2. The molecule has 0 radical (unpaired) electrons. The molecule has 0 spiro atoms. The van der Waals surface area contributed by atoms with E-state index in [0.717, 1.165) is 6.07 Å². The molecular weight excluding hydrogens is 506 g/mol. The van der Waals surface area contributed by atoms with E-state index < -0.39 is 40.1 Å². The van der Waals surface area contributed by atoms with E-state index in [4.69, 9.17) is 21.3 Å². The number of aliphatic imine (C=N–C) groups is 1. The van der Waals surface area contributed by atoms with Crippen molar-refractivity contribution in [3.8, 4) is 0 Å². The lowest BCUT2D eigenvalue weighted by molar-refractivity contribution is -0.633. The first-order valence-corrected chi connectivity index (χ1v) is 12.7. The lowest BCUT2D eigenvalue weighted by Crippen LogP contribution is -3.11. The molecule has 6 aliphatic carbocycles. The molecule has 9 rings (SSSR count). The number of benzene rings is 1. The second-order valence-electron chi connectivity index (χ2n) is 11.0. The number of esters is 1. The summed E-state index contributed by atoms with van der Waals surface area (Å²) in [6.45, 7) is 1.81. The average molecular weight is 527 g/mol. The fourth-order valence-electron chi connectivity index (χ4n) is 9.45. The van der Waals surface area contributed by atoms with E-state index in [1.807, 2.05) is 0 Å². The maximum Gasteiger partial charge on any atom is 0.338 e. The maximum atomic E-state index is 14.6. The minimum absolute atomic E-state index is 0.114. The summed E-state index contributed by atoms with van der Waals surface area (Å²) >= 11 is 6.29. The zero-order valence-electron chi connectivity index (χ0n) is 19.7. The molecule has 0 bridgehead atoms. The fraction of sp³-hybridized carbons (Fsp3) is 0.462. The van der Waals surface area contributed by atoms with Crippen LogP contribution in [0, 0.1) is 58.0 Å². The molecule has 190 valence electrons. The number of amidine groups is 1. The van der Waals surface area contributed by atoms with Gasteiger partial charge in [-0.25, -0.2) is 18.6 Å². The highest BCUT2D eigenvalue weighted by atomic mass is 35.5. The van der Waals surface area contributed by atoms with Crippen LogP contribution in [0.15, 0.2) is 40.8 Å². The highest BCUT2D eigenvalue weighted by Crippen LogP contribution is 3.11. The Balaban J connectivity index is 1.32. The molecule has 2 N–H and O–H groups in total. The number of hydrogen-bond acceptors (Lipinski definition) is 6. The second-order valence-corrected chi connectivity index (χ2v) is 11.3. The molecule has 1 aliphatic heterocycles. The summed E-state index contributed by atoms with van der Waals surface area (Å²) in [6.07, 6.45) is 3.37. The van der Waals surface area contributed by atoms with Crippen LogP contribution in [0.1, 0.15) is 24.4 Å². The average Bonchev–Trinajstić information content (AvgIpc) is 3.32. The number of carbonyl (C=O) groups excluding carboxylic acids is 1. The third-order valence-electron chi connectivity index (χ3n) is 10.4. The van der Waals surface area contributed by atoms with Gasteiger partial charge in [0.1, 0.15) is 6.04 Å². The number of nitrogens with one attached hydrogen (secondary N) is 1. The number of halogens is 3. The molecular formula is C26H21ClF2N4O4. The number of allylic oxidation sites excluding steroid dienone is 1. The Morgan fingerprint density at radius 2 is 1.86 bits per heavy atom. The monoisotopic (exact) mass is 526 g/mol. The minimum Gasteiger partial charge on any atom is -0.481 e. The van der Waals surface area contributed by atoms with Gasteiger partial charge in [0.2, 0.25) is 0 Å². The van der Waals surface area contributed by atoms with Crippen molar-refractivity contribution in [2.24, 2.45) is 58.4 Å². The third-order valence-corrected chi connectivity index (χ3v) is 10.8. The summed E-state index contributed by atoms with van der Waals surface area (Å²) < 4.78 is 35.8. The predicted molar refractivity (Wildman–Crippen MR) is 124 cm³/mol. The largest absolute Gasteiger partial charge is 0.481 e. The summed E-state index contributed by atoms with van der Waals surface area (Å²) in [5.74, 6) is -1.91. The van der Waals surface area contributed by atoms with E-state index in [1.54, 1.807) is 30.9 Å². The number of rotatable bonds is 6. The van der Waals surface area contributed by atoms with Gasteiger partial charge in [0.15, 0.2) is 23.3 Å². The topological polar surface area (TPSA) is 106 Å². The molecule has 6 saturated carbocycles. The molecule has 8 nitrogen and oxygen atoms in total. The zero-order chi connectivity index (χ0) is 25.8. The fourth-order valence-corrected chi connectivity index (χ4v) is 9.71. The highest BCUT2D eigenvalue weighted by Gasteiger charge is 3.12.